The lowest BCUT2D eigenvalue weighted by atomic mass is 10.1. The highest BCUT2D eigenvalue weighted by Crippen LogP contribution is 2.27. The zero-order valence-electron chi connectivity index (χ0n) is 11.5. The zero-order valence-corrected chi connectivity index (χ0v) is 12.3. The van der Waals surface area contributed by atoms with Crippen LogP contribution >= 0.6 is 11.6 Å². The molecule has 3 nitrogen and oxygen atoms in total. The third kappa shape index (κ3) is 3.31. The van der Waals surface area contributed by atoms with E-state index in [1.807, 2.05) is 73.6 Å². The topological polar surface area (TPSA) is 32.3 Å². The molecule has 0 aliphatic carbocycles. The molecule has 0 spiro atoms. The number of hydrogen-bond donors (Lipinski definition) is 1. The summed E-state index contributed by atoms with van der Waals surface area (Å²) in [6, 6.07) is 16.9. The fourth-order valence-corrected chi connectivity index (χ4v) is 2.14. The van der Waals surface area contributed by atoms with E-state index in [4.69, 9.17) is 11.6 Å². The predicted octanol–water partition coefficient (Wildman–Crippen LogP) is 3.67. The summed E-state index contributed by atoms with van der Waals surface area (Å²) in [5, 5.41) is 2.18. The number of hydrogen-bond acceptors (Lipinski definition) is 2. The monoisotopic (exact) mass is 288 g/mol. The molecule has 0 aromatic heterocycles. The van der Waals surface area contributed by atoms with Crippen LogP contribution in [0.2, 0.25) is 0 Å². The summed E-state index contributed by atoms with van der Waals surface area (Å²) in [7, 11) is 3.86. The normalized spacial score (nSPS) is 11.8. The summed E-state index contributed by atoms with van der Waals surface area (Å²) in [5.41, 5.74) is 2.48. The van der Waals surface area contributed by atoms with Gasteiger partial charge in [0.15, 0.2) is 0 Å². The van der Waals surface area contributed by atoms with Gasteiger partial charge in [-0.1, -0.05) is 42.5 Å². The number of anilines is 2. The second kappa shape index (κ2) is 6.44. The first kappa shape index (κ1) is 14.4. The van der Waals surface area contributed by atoms with E-state index >= 15 is 0 Å². The minimum atomic E-state index is -0.702. The number of alkyl halides is 1. The highest BCUT2D eigenvalue weighted by Gasteiger charge is 2.18. The summed E-state index contributed by atoms with van der Waals surface area (Å²) in [4.78, 5) is 14.2. The van der Waals surface area contributed by atoms with Gasteiger partial charge in [0.25, 0.3) is 0 Å². The average Bonchev–Trinajstić information content (AvgIpc) is 2.47. The Bertz CT molecular complexity index is 584. The van der Waals surface area contributed by atoms with Crippen LogP contribution in [0.25, 0.3) is 0 Å². The molecule has 0 aliphatic rings. The zero-order chi connectivity index (χ0) is 14.5. The molecule has 1 atom stereocenters. The largest absolute Gasteiger partial charge is 0.376 e. The Labute approximate surface area is 124 Å². The number of rotatable bonds is 4. The summed E-state index contributed by atoms with van der Waals surface area (Å²) >= 11 is 6.21. The van der Waals surface area contributed by atoms with Gasteiger partial charge in [0.2, 0.25) is 5.91 Å². The third-order valence-corrected chi connectivity index (χ3v) is 3.42. The Morgan fingerprint density at radius 3 is 2.30 bits per heavy atom. The number of amides is 1. The number of halogens is 1. The van der Waals surface area contributed by atoms with Crippen LogP contribution in [0.15, 0.2) is 54.6 Å². The molecule has 0 heterocycles. The average molecular weight is 289 g/mol. The van der Waals surface area contributed by atoms with Gasteiger partial charge in [0.1, 0.15) is 5.38 Å². The van der Waals surface area contributed by atoms with Crippen molar-refractivity contribution in [1.29, 1.82) is 0 Å². The van der Waals surface area contributed by atoms with E-state index in [-0.39, 0.29) is 5.91 Å². The van der Waals surface area contributed by atoms with Crippen LogP contribution in [-0.2, 0) is 4.79 Å². The SMILES string of the molecule is CN(C)c1ccccc1NC(=O)C(Cl)c1ccccc1. The van der Waals surface area contributed by atoms with Gasteiger partial charge in [-0.2, -0.15) is 0 Å². The smallest absolute Gasteiger partial charge is 0.247 e. The summed E-state index contributed by atoms with van der Waals surface area (Å²) < 4.78 is 0. The van der Waals surface area contributed by atoms with E-state index < -0.39 is 5.38 Å². The molecule has 4 heteroatoms. The molecular formula is C16H17ClN2O. The maximum atomic E-state index is 12.2. The molecular weight excluding hydrogens is 272 g/mol. The quantitative estimate of drug-likeness (QED) is 0.871. The van der Waals surface area contributed by atoms with Gasteiger partial charge in [-0.15, -0.1) is 11.6 Å². The second-order valence-electron chi connectivity index (χ2n) is 4.67. The van der Waals surface area contributed by atoms with Crippen LogP contribution in [0.5, 0.6) is 0 Å². The van der Waals surface area contributed by atoms with Gasteiger partial charge in [-0.3, -0.25) is 4.79 Å². The molecule has 2 rings (SSSR count). The van der Waals surface area contributed by atoms with Gasteiger partial charge in [-0.25, -0.2) is 0 Å². The van der Waals surface area contributed by atoms with Crippen molar-refractivity contribution in [2.75, 3.05) is 24.3 Å². The van der Waals surface area contributed by atoms with Crippen LogP contribution in [0, 0.1) is 0 Å². The predicted molar refractivity (Wildman–Crippen MR) is 84.4 cm³/mol. The van der Waals surface area contributed by atoms with Gasteiger partial charge >= 0.3 is 0 Å². The molecule has 104 valence electrons. The van der Waals surface area contributed by atoms with E-state index in [9.17, 15) is 4.79 Å². The van der Waals surface area contributed by atoms with Crippen molar-refractivity contribution in [2.24, 2.45) is 0 Å². The van der Waals surface area contributed by atoms with E-state index in [1.54, 1.807) is 0 Å². The number of nitrogens with one attached hydrogen (secondary N) is 1. The van der Waals surface area contributed by atoms with Crippen LogP contribution in [-0.4, -0.2) is 20.0 Å². The molecule has 0 aliphatic heterocycles. The number of nitrogens with zero attached hydrogens (tertiary/aromatic N) is 1. The highest BCUT2D eigenvalue weighted by molar-refractivity contribution is 6.32. The Balaban J connectivity index is 2.16. The summed E-state index contributed by atoms with van der Waals surface area (Å²) in [6.45, 7) is 0. The standard InChI is InChI=1S/C16H17ClN2O/c1-19(2)14-11-7-6-10-13(14)18-16(20)15(17)12-8-4-3-5-9-12/h3-11,15H,1-2H3,(H,18,20). The third-order valence-electron chi connectivity index (χ3n) is 2.97. The Kier molecular flexibility index (Phi) is 4.64. The maximum absolute atomic E-state index is 12.2. The summed E-state index contributed by atoms with van der Waals surface area (Å²) in [6.07, 6.45) is 0. The lowest BCUT2D eigenvalue weighted by molar-refractivity contribution is -0.116. The lowest BCUT2D eigenvalue weighted by Gasteiger charge is -2.18. The minimum Gasteiger partial charge on any atom is -0.376 e. The van der Waals surface area contributed by atoms with Crippen LogP contribution in [0.1, 0.15) is 10.9 Å². The number of carbonyl (C=O) groups excluding carboxylic acids is 1. The van der Waals surface area contributed by atoms with Crippen molar-refractivity contribution in [3.63, 3.8) is 0 Å². The number of benzene rings is 2. The van der Waals surface area contributed by atoms with Crippen molar-refractivity contribution in [3.05, 3.63) is 60.2 Å². The number of carbonyl (C=O) groups is 1. The maximum Gasteiger partial charge on any atom is 0.247 e. The fourth-order valence-electron chi connectivity index (χ4n) is 1.94. The fraction of sp³-hybridized carbons (Fsp3) is 0.188. The molecule has 0 fully saturated rings. The second-order valence-corrected chi connectivity index (χ2v) is 5.11. The molecule has 1 amide bonds. The first-order valence-corrected chi connectivity index (χ1v) is 6.79. The highest BCUT2D eigenvalue weighted by atomic mass is 35.5. The Morgan fingerprint density at radius 2 is 1.65 bits per heavy atom. The summed E-state index contributed by atoms with van der Waals surface area (Å²) in [5.74, 6) is -0.229. The first-order valence-electron chi connectivity index (χ1n) is 6.36. The van der Waals surface area contributed by atoms with Gasteiger partial charge in [0.05, 0.1) is 11.4 Å². The molecule has 0 saturated carbocycles. The first-order chi connectivity index (χ1) is 9.59. The van der Waals surface area contributed by atoms with Crippen LogP contribution in [0.3, 0.4) is 0 Å². The van der Waals surface area contributed by atoms with Gasteiger partial charge < -0.3 is 10.2 Å². The Morgan fingerprint density at radius 1 is 1.05 bits per heavy atom. The minimum absolute atomic E-state index is 0.229. The molecule has 1 unspecified atom stereocenters. The van der Waals surface area contributed by atoms with Crippen molar-refractivity contribution in [2.45, 2.75) is 5.38 Å². The van der Waals surface area contributed by atoms with Crippen molar-refractivity contribution < 1.29 is 4.79 Å². The number of para-hydroxylation sites is 2. The van der Waals surface area contributed by atoms with Crippen molar-refractivity contribution >= 4 is 28.9 Å². The molecule has 0 bridgehead atoms. The van der Waals surface area contributed by atoms with Crippen molar-refractivity contribution in [1.82, 2.24) is 0 Å². The molecule has 2 aromatic rings. The molecule has 1 N–H and O–H groups in total. The van der Waals surface area contributed by atoms with E-state index in [2.05, 4.69) is 5.32 Å². The van der Waals surface area contributed by atoms with Crippen molar-refractivity contribution in [3.8, 4) is 0 Å². The molecule has 0 saturated heterocycles. The van der Waals surface area contributed by atoms with Gasteiger partial charge in [-0.05, 0) is 17.7 Å². The molecule has 0 radical (unpaired) electrons. The van der Waals surface area contributed by atoms with E-state index in [1.165, 1.54) is 0 Å². The van der Waals surface area contributed by atoms with E-state index in [0.29, 0.717) is 0 Å². The van der Waals surface area contributed by atoms with E-state index in [0.717, 1.165) is 16.9 Å². The van der Waals surface area contributed by atoms with Gasteiger partial charge in [0, 0.05) is 14.1 Å². The lowest BCUT2D eigenvalue weighted by Crippen LogP contribution is -2.19. The van der Waals surface area contributed by atoms with Crippen LogP contribution < -0.4 is 10.2 Å². The molecule has 2 aromatic carbocycles. The Hall–Kier alpha value is -2.00. The van der Waals surface area contributed by atoms with Crippen LogP contribution in [0.4, 0.5) is 11.4 Å². The molecule has 20 heavy (non-hydrogen) atoms.